The number of ether oxygens (including phenoxy) is 1. The lowest BCUT2D eigenvalue weighted by molar-refractivity contribution is -0.123. The largest absolute Gasteiger partial charge is 0.492 e. The molecule has 0 bridgehead atoms. The monoisotopic (exact) mass is 486 g/mol. The van der Waals surface area contributed by atoms with Crippen LogP contribution in [0.3, 0.4) is 0 Å². The Kier molecular flexibility index (Phi) is 7.83. The highest BCUT2D eigenvalue weighted by Gasteiger charge is 2.28. The summed E-state index contributed by atoms with van der Waals surface area (Å²) in [4.78, 5) is 21.6. The Morgan fingerprint density at radius 3 is 2.61 bits per heavy atom. The minimum atomic E-state index is -0.296. The van der Waals surface area contributed by atoms with Gasteiger partial charge < -0.3 is 10.5 Å². The molecule has 2 saturated heterocycles. The van der Waals surface area contributed by atoms with Gasteiger partial charge >= 0.3 is 0 Å². The molecule has 2 fully saturated rings. The summed E-state index contributed by atoms with van der Waals surface area (Å²) >= 11 is 0. The molecule has 36 heavy (non-hydrogen) atoms. The number of carbonyl (C=O) groups is 1. The van der Waals surface area contributed by atoms with Gasteiger partial charge in [-0.1, -0.05) is 30.3 Å². The van der Waals surface area contributed by atoms with E-state index in [9.17, 15) is 4.79 Å². The Balaban J connectivity index is 1.11. The van der Waals surface area contributed by atoms with Gasteiger partial charge in [0.2, 0.25) is 5.91 Å². The van der Waals surface area contributed by atoms with E-state index in [0.717, 1.165) is 79.9 Å². The van der Waals surface area contributed by atoms with Crippen molar-refractivity contribution in [3.63, 3.8) is 0 Å². The van der Waals surface area contributed by atoms with Crippen LogP contribution < -0.4 is 10.5 Å². The predicted octanol–water partition coefficient (Wildman–Crippen LogP) is 4.50. The number of pyridine rings is 1. The minimum absolute atomic E-state index is 0.237. The predicted molar refractivity (Wildman–Crippen MR) is 144 cm³/mol. The summed E-state index contributed by atoms with van der Waals surface area (Å²) in [5.74, 6) is 1.35. The molecule has 6 heteroatoms. The standard InChI is InChI=1S/C30H38N4O2/c1-22-10-11-26-27(32-22)8-5-9-28(26)36-19-18-33-16-12-23(13-17-33)20-24-6-4-7-25(21-24)29(30(31)35)34-14-2-3-15-34/h4-11,21,23,29H,2-3,12-20H2,1H3,(H2,31,35). The fraction of sp³-hybridized carbons (Fsp3) is 0.467. The average molecular weight is 487 g/mol. The maximum atomic E-state index is 12.2. The number of nitrogens with zero attached hydrogens (tertiary/aromatic N) is 3. The molecule has 1 aromatic heterocycles. The molecule has 0 saturated carbocycles. The molecule has 1 atom stereocenters. The summed E-state index contributed by atoms with van der Waals surface area (Å²) in [6.07, 6.45) is 5.73. The number of benzene rings is 2. The SMILES string of the molecule is Cc1ccc2c(OCCN3CCC(Cc4cccc(C(C(N)=O)N5CCCC5)c4)CC3)cccc2n1. The number of carbonyl (C=O) groups excluding carboxylic acids is 1. The molecule has 2 aromatic carbocycles. The Labute approximate surface area is 214 Å². The smallest absolute Gasteiger partial charge is 0.239 e. The molecular formula is C30H38N4O2. The molecule has 0 aliphatic carbocycles. The minimum Gasteiger partial charge on any atom is -0.492 e. The zero-order chi connectivity index (χ0) is 24.9. The summed E-state index contributed by atoms with van der Waals surface area (Å²) in [6.45, 7) is 7.75. The molecule has 6 nitrogen and oxygen atoms in total. The number of hydrogen-bond acceptors (Lipinski definition) is 5. The number of primary amides is 1. The lowest BCUT2D eigenvalue weighted by atomic mass is 9.89. The van der Waals surface area contributed by atoms with E-state index in [1.807, 2.05) is 31.2 Å². The van der Waals surface area contributed by atoms with Gasteiger partial charge in [0.1, 0.15) is 18.4 Å². The van der Waals surface area contributed by atoms with Gasteiger partial charge in [-0.05, 0) is 107 Å². The van der Waals surface area contributed by atoms with Crippen molar-refractivity contribution in [3.8, 4) is 5.75 Å². The van der Waals surface area contributed by atoms with E-state index < -0.39 is 0 Å². The molecule has 2 aliphatic rings. The highest BCUT2D eigenvalue weighted by molar-refractivity contribution is 5.85. The fourth-order valence-electron chi connectivity index (χ4n) is 5.83. The molecule has 5 rings (SSSR count). The van der Waals surface area contributed by atoms with Gasteiger partial charge in [0.15, 0.2) is 0 Å². The van der Waals surface area contributed by atoms with Gasteiger partial charge in [0, 0.05) is 17.6 Å². The van der Waals surface area contributed by atoms with E-state index in [-0.39, 0.29) is 11.9 Å². The second-order valence-corrected chi connectivity index (χ2v) is 10.4. The van der Waals surface area contributed by atoms with Crippen LogP contribution in [0.15, 0.2) is 54.6 Å². The Morgan fingerprint density at radius 2 is 1.83 bits per heavy atom. The molecule has 190 valence electrons. The highest BCUT2D eigenvalue weighted by Crippen LogP contribution is 2.28. The fourth-order valence-corrected chi connectivity index (χ4v) is 5.83. The topological polar surface area (TPSA) is 71.7 Å². The van der Waals surface area contributed by atoms with Crippen molar-refractivity contribution < 1.29 is 9.53 Å². The van der Waals surface area contributed by atoms with Gasteiger partial charge in [-0.15, -0.1) is 0 Å². The zero-order valence-electron chi connectivity index (χ0n) is 21.4. The van der Waals surface area contributed by atoms with Gasteiger partial charge in [-0.25, -0.2) is 0 Å². The summed E-state index contributed by atoms with van der Waals surface area (Å²) < 4.78 is 6.16. The van der Waals surface area contributed by atoms with Crippen LogP contribution in [0.2, 0.25) is 0 Å². The normalized spacial score (nSPS) is 18.5. The summed E-state index contributed by atoms with van der Waals surface area (Å²) in [5.41, 5.74) is 10.2. The van der Waals surface area contributed by atoms with Crippen molar-refractivity contribution in [3.05, 3.63) is 71.4 Å². The van der Waals surface area contributed by atoms with Crippen molar-refractivity contribution >= 4 is 16.8 Å². The third-order valence-corrected chi connectivity index (χ3v) is 7.77. The van der Waals surface area contributed by atoms with E-state index in [0.29, 0.717) is 12.5 Å². The van der Waals surface area contributed by atoms with Crippen LogP contribution in [0, 0.1) is 12.8 Å². The number of aromatic nitrogens is 1. The number of rotatable bonds is 9. The van der Waals surface area contributed by atoms with Crippen molar-refractivity contribution in [1.29, 1.82) is 0 Å². The van der Waals surface area contributed by atoms with Crippen molar-refractivity contribution in [2.24, 2.45) is 11.7 Å². The maximum absolute atomic E-state index is 12.2. The Bertz CT molecular complexity index is 1180. The van der Waals surface area contributed by atoms with Crippen molar-refractivity contribution in [2.75, 3.05) is 39.3 Å². The molecule has 1 amide bonds. The van der Waals surface area contributed by atoms with Crippen molar-refractivity contribution in [2.45, 2.75) is 45.1 Å². The average Bonchev–Trinajstić information content (AvgIpc) is 3.39. The Morgan fingerprint density at radius 1 is 1.06 bits per heavy atom. The first-order valence-electron chi connectivity index (χ1n) is 13.4. The van der Waals surface area contributed by atoms with Crippen LogP contribution in [-0.4, -0.2) is 60.0 Å². The van der Waals surface area contributed by atoms with Crippen LogP contribution in [0.4, 0.5) is 0 Å². The number of nitrogens with two attached hydrogens (primary N) is 1. The molecule has 3 aromatic rings. The Hall–Kier alpha value is -2.96. The zero-order valence-corrected chi connectivity index (χ0v) is 21.4. The number of aryl methyl sites for hydroxylation is 1. The van der Waals surface area contributed by atoms with Gasteiger partial charge in [-0.2, -0.15) is 0 Å². The number of piperidine rings is 1. The third-order valence-electron chi connectivity index (χ3n) is 7.77. The van der Waals surface area contributed by atoms with Gasteiger partial charge in [0.05, 0.1) is 5.52 Å². The lowest BCUT2D eigenvalue weighted by Crippen LogP contribution is -2.37. The second-order valence-electron chi connectivity index (χ2n) is 10.4. The first kappa shape index (κ1) is 24.7. The van der Waals surface area contributed by atoms with E-state index in [4.69, 9.17) is 10.5 Å². The molecule has 2 N–H and O–H groups in total. The van der Waals surface area contributed by atoms with Crippen LogP contribution in [0.1, 0.15) is 48.5 Å². The van der Waals surface area contributed by atoms with Crippen LogP contribution in [0.25, 0.3) is 10.9 Å². The van der Waals surface area contributed by atoms with Gasteiger partial charge in [-0.3, -0.25) is 19.6 Å². The van der Waals surface area contributed by atoms with E-state index in [1.165, 1.54) is 18.4 Å². The summed E-state index contributed by atoms with van der Waals surface area (Å²) in [7, 11) is 0. The lowest BCUT2D eigenvalue weighted by Gasteiger charge is -2.32. The quantitative estimate of drug-likeness (QED) is 0.482. The van der Waals surface area contributed by atoms with E-state index in [2.05, 4.69) is 45.1 Å². The van der Waals surface area contributed by atoms with Gasteiger partial charge in [0.25, 0.3) is 0 Å². The number of fused-ring (bicyclic) bond motifs is 1. The molecule has 0 spiro atoms. The molecular weight excluding hydrogens is 448 g/mol. The highest BCUT2D eigenvalue weighted by atomic mass is 16.5. The van der Waals surface area contributed by atoms with Crippen molar-refractivity contribution in [1.82, 2.24) is 14.8 Å². The van der Waals surface area contributed by atoms with Crippen LogP contribution in [0.5, 0.6) is 5.75 Å². The number of likely N-dealkylation sites (tertiary alicyclic amines) is 2. The number of hydrogen-bond donors (Lipinski definition) is 1. The van der Waals surface area contributed by atoms with E-state index >= 15 is 0 Å². The molecule has 3 heterocycles. The van der Waals surface area contributed by atoms with E-state index in [1.54, 1.807) is 0 Å². The third kappa shape index (κ3) is 5.88. The first-order chi connectivity index (χ1) is 17.6. The van der Waals surface area contributed by atoms with Crippen LogP contribution in [-0.2, 0) is 11.2 Å². The first-order valence-corrected chi connectivity index (χ1v) is 13.4. The molecule has 1 unspecified atom stereocenters. The van der Waals surface area contributed by atoms with Crippen LogP contribution >= 0.6 is 0 Å². The maximum Gasteiger partial charge on any atom is 0.239 e. The molecule has 2 aliphatic heterocycles. The molecule has 0 radical (unpaired) electrons. The summed E-state index contributed by atoms with van der Waals surface area (Å²) in [6, 6.07) is 18.5. The second kappa shape index (κ2) is 11.4. The summed E-state index contributed by atoms with van der Waals surface area (Å²) in [5, 5.41) is 1.08. The number of amides is 1.